The molecule has 2 heterocycles. The molecule has 0 spiro atoms. The second-order valence-electron chi connectivity index (χ2n) is 5.93. The number of nitrogens with zero attached hydrogens (tertiary/aromatic N) is 2. The van der Waals surface area contributed by atoms with Gasteiger partial charge in [0.2, 0.25) is 5.91 Å². The highest BCUT2D eigenvalue weighted by molar-refractivity contribution is 5.82. The Morgan fingerprint density at radius 3 is 2.83 bits per heavy atom. The maximum absolute atomic E-state index is 12.6. The number of aliphatic hydroxyl groups is 1. The fourth-order valence-corrected chi connectivity index (χ4v) is 3.00. The van der Waals surface area contributed by atoms with Gasteiger partial charge >= 0.3 is 0 Å². The van der Waals surface area contributed by atoms with Crippen LogP contribution >= 0.6 is 0 Å². The van der Waals surface area contributed by atoms with Crippen molar-refractivity contribution in [2.24, 2.45) is 0 Å². The Bertz CT molecular complexity index is 799. The number of para-hydroxylation sites is 1. The van der Waals surface area contributed by atoms with Crippen LogP contribution in [0.1, 0.15) is 5.69 Å². The van der Waals surface area contributed by atoms with E-state index in [0.29, 0.717) is 12.0 Å². The first-order valence-electron chi connectivity index (χ1n) is 7.59. The lowest BCUT2D eigenvalue weighted by Gasteiger charge is -2.27. The highest BCUT2D eigenvalue weighted by atomic mass is 16.5. The van der Waals surface area contributed by atoms with Gasteiger partial charge in [0.15, 0.2) is 5.43 Å². The number of rotatable bonds is 3. The Balaban J connectivity index is 1.92. The molecule has 1 saturated heterocycles. The average Bonchev–Trinajstić information content (AvgIpc) is 2.96. The second-order valence-corrected chi connectivity index (χ2v) is 5.93. The summed E-state index contributed by atoms with van der Waals surface area (Å²) in [6, 6.07) is 8.47. The first kappa shape index (κ1) is 15.7. The van der Waals surface area contributed by atoms with Crippen LogP contribution in [0.2, 0.25) is 0 Å². The largest absolute Gasteiger partial charge is 0.388 e. The Kier molecular flexibility index (Phi) is 4.19. The molecule has 0 aliphatic carbocycles. The van der Waals surface area contributed by atoms with E-state index in [0.717, 1.165) is 11.2 Å². The van der Waals surface area contributed by atoms with Crippen molar-refractivity contribution in [2.45, 2.75) is 25.6 Å². The van der Waals surface area contributed by atoms with Gasteiger partial charge in [-0.05, 0) is 19.1 Å². The van der Waals surface area contributed by atoms with Crippen LogP contribution < -0.4 is 5.43 Å². The molecule has 0 bridgehead atoms. The van der Waals surface area contributed by atoms with Crippen LogP contribution in [0.25, 0.3) is 10.9 Å². The molecule has 23 heavy (non-hydrogen) atoms. The third-order valence-electron chi connectivity index (χ3n) is 4.43. The van der Waals surface area contributed by atoms with Gasteiger partial charge in [0.25, 0.3) is 0 Å². The summed E-state index contributed by atoms with van der Waals surface area (Å²) < 4.78 is 7.04. The van der Waals surface area contributed by atoms with Gasteiger partial charge in [-0.25, -0.2) is 0 Å². The van der Waals surface area contributed by atoms with E-state index in [2.05, 4.69) is 0 Å². The van der Waals surface area contributed by atoms with Crippen LogP contribution in [0.4, 0.5) is 0 Å². The Labute approximate surface area is 133 Å². The van der Waals surface area contributed by atoms with Crippen LogP contribution in [-0.4, -0.2) is 52.9 Å². The minimum atomic E-state index is -0.657. The molecule has 0 saturated carbocycles. The number of ether oxygens (including phenoxy) is 1. The SMILES string of the molecule is Cc1cc(=O)c2ccccc2n1CC(=O)N(C)[C@H]1COC[C@@H]1O. The van der Waals surface area contributed by atoms with Gasteiger partial charge in [-0.1, -0.05) is 12.1 Å². The number of benzene rings is 1. The van der Waals surface area contributed by atoms with E-state index in [-0.39, 0.29) is 30.5 Å². The summed E-state index contributed by atoms with van der Waals surface area (Å²) in [5, 5.41) is 10.5. The summed E-state index contributed by atoms with van der Waals surface area (Å²) in [6.07, 6.45) is -0.657. The highest BCUT2D eigenvalue weighted by Gasteiger charge is 2.32. The molecular formula is C17H20N2O4. The van der Waals surface area contributed by atoms with Crippen LogP contribution in [0, 0.1) is 6.92 Å². The first-order valence-corrected chi connectivity index (χ1v) is 7.59. The third-order valence-corrected chi connectivity index (χ3v) is 4.43. The van der Waals surface area contributed by atoms with E-state index < -0.39 is 6.10 Å². The van der Waals surface area contributed by atoms with Gasteiger partial charge in [0.1, 0.15) is 6.54 Å². The normalized spacial score (nSPS) is 20.8. The van der Waals surface area contributed by atoms with Crippen LogP contribution in [0.5, 0.6) is 0 Å². The molecule has 0 radical (unpaired) electrons. The van der Waals surface area contributed by atoms with Crippen molar-refractivity contribution in [3.05, 3.63) is 46.2 Å². The fraction of sp³-hybridized carbons (Fsp3) is 0.412. The van der Waals surface area contributed by atoms with E-state index in [1.54, 1.807) is 19.2 Å². The first-order chi connectivity index (χ1) is 11.0. The molecule has 1 N–H and O–H groups in total. The molecule has 1 aliphatic rings. The number of aryl methyl sites for hydroxylation is 1. The summed E-state index contributed by atoms with van der Waals surface area (Å²) in [4.78, 5) is 26.2. The molecule has 1 amide bonds. The van der Waals surface area contributed by atoms with E-state index in [4.69, 9.17) is 4.74 Å². The highest BCUT2D eigenvalue weighted by Crippen LogP contribution is 2.15. The van der Waals surface area contributed by atoms with Gasteiger partial charge in [-0.2, -0.15) is 0 Å². The number of amides is 1. The predicted molar refractivity (Wildman–Crippen MR) is 86.3 cm³/mol. The molecule has 122 valence electrons. The molecule has 2 aromatic rings. The number of likely N-dealkylation sites (N-methyl/N-ethyl adjacent to an activating group) is 1. The van der Waals surface area contributed by atoms with Gasteiger partial charge in [0, 0.05) is 24.2 Å². The van der Waals surface area contributed by atoms with Gasteiger partial charge in [-0.15, -0.1) is 0 Å². The lowest BCUT2D eigenvalue weighted by Crippen LogP contribution is -2.45. The van der Waals surface area contributed by atoms with Crippen molar-refractivity contribution in [2.75, 3.05) is 20.3 Å². The minimum absolute atomic E-state index is 0.0465. The quantitative estimate of drug-likeness (QED) is 0.896. The lowest BCUT2D eigenvalue weighted by atomic mass is 10.1. The number of carbonyl (C=O) groups excluding carboxylic acids is 1. The summed E-state index contributed by atoms with van der Waals surface area (Å²) in [5.41, 5.74) is 1.43. The number of hydrogen-bond acceptors (Lipinski definition) is 4. The second kappa shape index (κ2) is 6.14. The molecule has 6 nitrogen and oxygen atoms in total. The van der Waals surface area contributed by atoms with Crippen molar-refractivity contribution in [1.29, 1.82) is 0 Å². The van der Waals surface area contributed by atoms with Gasteiger partial charge in [0.05, 0.1) is 30.9 Å². The molecule has 1 aromatic heterocycles. The number of hydrogen-bond donors (Lipinski definition) is 1. The van der Waals surface area contributed by atoms with E-state index in [1.807, 2.05) is 29.7 Å². The van der Waals surface area contributed by atoms with E-state index in [9.17, 15) is 14.7 Å². The monoisotopic (exact) mass is 316 g/mol. The summed E-state index contributed by atoms with van der Waals surface area (Å²) >= 11 is 0. The molecule has 1 fully saturated rings. The van der Waals surface area contributed by atoms with Gasteiger partial charge in [-0.3, -0.25) is 9.59 Å². The standard InChI is InChI=1S/C17H20N2O4/c1-11-7-15(20)12-5-3-4-6-13(12)19(11)8-17(22)18(2)14-9-23-10-16(14)21/h3-7,14,16,21H,8-10H2,1-2H3/t14-,16-/m0/s1. The molecule has 0 unspecified atom stereocenters. The van der Waals surface area contributed by atoms with Crippen molar-refractivity contribution in [3.63, 3.8) is 0 Å². The van der Waals surface area contributed by atoms with Crippen molar-refractivity contribution < 1.29 is 14.6 Å². The van der Waals surface area contributed by atoms with Crippen molar-refractivity contribution >= 4 is 16.8 Å². The molecule has 1 aliphatic heterocycles. The zero-order valence-corrected chi connectivity index (χ0v) is 13.2. The number of fused-ring (bicyclic) bond motifs is 1. The zero-order valence-electron chi connectivity index (χ0n) is 13.2. The summed E-state index contributed by atoms with van der Waals surface area (Å²) in [6.45, 7) is 2.52. The number of aromatic nitrogens is 1. The van der Waals surface area contributed by atoms with Crippen molar-refractivity contribution in [1.82, 2.24) is 9.47 Å². The van der Waals surface area contributed by atoms with Crippen LogP contribution in [0.3, 0.4) is 0 Å². The third kappa shape index (κ3) is 2.87. The van der Waals surface area contributed by atoms with Crippen LogP contribution in [0.15, 0.2) is 35.1 Å². The predicted octanol–water partition coefficient (Wildman–Crippen LogP) is 0.528. The molecule has 6 heteroatoms. The van der Waals surface area contributed by atoms with Crippen LogP contribution in [-0.2, 0) is 16.1 Å². The zero-order chi connectivity index (χ0) is 16.6. The molecular weight excluding hydrogens is 296 g/mol. The number of aliphatic hydroxyl groups excluding tert-OH is 1. The Morgan fingerprint density at radius 2 is 2.13 bits per heavy atom. The van der Waals surface area contributed by atoms with E-state index >= 15 is 0 Å². The molecule has 3 rings (SSSR count). The Morgan fingerprint density at radius 1 is 1.39 bits per heavy atom. The van der Waals surface area contributed by atoms with Gasteiger partial charge < -0.3 is 19.3 Å². The lowest BCUT2D eigenvalue weighted by molar-refractivity contribution is -0.134. The number of pyridine rings is 1. The molecule has 1 aromatic carbocycles. The Hall–Kier alpha value is -2.18. The summed E-state index contributed by atoms with van der Waals surface area (Å²) in [5.74, 6) is -0.128. The summed E-state index contributed by atoms with van der Waals surface area (Å²) in [7, 11) is 1.67. The van der Waals surface area contributed by atoms with Crippen molar-refractivity contribution in [3.8, 4) is 0 Å². The smallest absolute Gasteiger partial charge is 0.242 e. The number of carbonyl (C=O) groups is 1. The fourth-order valence-electron chi connectivity index (χ4n) is 3.00. The molecule has 2 atom stereocenters. The average molecular weight is 316 g/mol. The topological polar surface area (TPSA) is 71.8 Å². The maximum Gasteiger partial charge on any atom is 0.242 e. The minimum Gasteiger partial charge on any atom is -0.388 e. The maximum atomic E-state index is 12.6. The van der Waals surface area contributed by atoms with E-state index in [1.165, 1.54) is 4.90 Å².